The van der Waals surface area contributed by atoms with Crippen LogP contribution in [0.25, 0.3) is 0 Å². The van der Waals surface area contributed by atoms with Crippen molar-refractivity contribution in [2.75, 3.05) is 23.6 Å². The number of hydrogen-bond acceptors (Lipinski definition) is 8. The van der Waals surface area contributed by atoms with Crippen LogP contribution in [-0.2, 0) is 33.0 Å². The average Bonchev–Trinajstić information content (AvgIpc) is 3.88. The Morgan fingerprint density at radius 1 is 0.982 bits per heavy atom. The molecule has 5 atom stereocenters. The summed E-state index contributed by atoms with van der Waals surface area (Å²) < 4.78 is 30.9. The van der Waals surface area contributed by atoms with E-state index in [1.807, 2.05) is 116 Å². The lowest BCUT2D eigenvalue weighted by Crippen LogP contribution is -2.45. The summed E-state index contributed by atoms with van der Waals surface area (Å²) >= 11 is 0. The minimum absolute atomic E-state index is 0.102. The van der Waals surface area contributed by atoms with Gasteiger partial charge in [0.2, 0.25) is 14.3 Å². The van der Waals surface area contributed by atoms with Crippen molar-refractivity contribution in [2.24, 2.45) is 11.0 Å². The number of halogens is 1. The highest BCUT2D eigenvalue weighted by molar-refractivity contribution is 6.72. The Morgan fingerprint density at radius 3 is 2.46 bits per heavy atom. The second-order valence-corrected chi connectivity index (χ2v) is 19.5. The largest absolute Gasteiger partial charge is 0.497 e. The van der Waals surface area contributed by atoms with E-state index in [9.17, 15) is 9.90 Å². The summed E-state index contributed by atoms with van der Waals surface area (Å²) in [6.07, 6.45) is 2.52. The van der Waals surface area contributed by atoms with Gasteiger partial charge in [-0.3, -0.25) is 14.3 Å². The number of benzene rings is 4. The van der Waals surface area contributed by atoms with Gasteiger partial charge >= 0.3 is 0 Å². The van der Waals surface area contributed by atoms with Crippen molar-refractivity contribution >= 4 is 37.3 Å². The minimum Gasteiger partial charge on any atom is -0.497 e. The van der Waals surface area contributed by atoms with E-state index in [1.54, 1.807) is 29.8 Å². The molecule has 1 aromatic heterocycles. The fraction of sp³-hybridized carbons (Fsp3) is 0.341. The molecule has 3 aliphatic heterocycles. The van der Waals surface area contributed by atoms with Crippen LogP contribution in [-0.4, -0.2) is 65.9 Å². The van der Waals surface area contributed by atoms with Crippen LogP contribution in [0.3, 0.4) is 0 Å². The molecule has 0 saturated carbocycles. The van der Waals surface area contributed by atoms with E-state index in [0.717, 1.165) is 22.4 Å². The monoisotopic (exact) mass is 786 g/mol. The maximum atomic E-state index is 16.6. The number of aliphatic hydroxyl groups is 1. The molecule has 13 heteroatoms. The summed E-state index contributed by atoms with van der Waals surface area (Å²) in [5, 5.41) is 25.1. The van der Waals surface area contributed by atoms with Gasteiger partial charge in [-0.15, -0.1) is 5.10 Å². The van der Waals surface area contributed by atoms with Crippen LogP contribution in [0, 0.1) is 5.92 Å². The molecule has 57 heavy (non-hydrogen) atoms. The molecule has 1 N–H and O–H groups in total. The van der Waals surface area contributed by atoms with Gasteiger partial charge in [-0.25, -0.2) is 5.01 Å². The number of fused-ring (bicyclic) bond motifs is 2. The van der Waals surface area contributed by atoms with Gasteiger partial charge < -0.3 is 23.6 Å². The normalized spacial score (nSPS) is 22.6. The highest BCUT2D eigenvalue weighted by Crippen LogP contribution is 2.60. The Balaban J connectivity index is 1.08. The number of aromatic nitrogens is 3. The number of amides is 2. The van der Waals surface area contributed by atoms with Gasteiger partial charge in [0.15, 0.2) is 5.60 Å². The van der Waals surface area contributed by atoms with Crippen molar-refractivity contribution in [3.63, 3.8) is 0 Å². The molecule has 294 valence electrons. The molecule has 5 aromatic rings. The number of carbonyl (C=O) groups excluding carboxylic acids is 2. The lowest BCUT2D eigenvalue weighted by atomic mass is 9.82. The molecule has 1 fully saturated rings. The molecule has 2 amide bonds. The van der Waals surface area contributed by atoms with E-state index in [-0.39, 0.29) is 30.9 Å². The predicted octanol–water partition coefficient (Wildman–Crippen LogP) is 7.35. The summed E-state index contributed by atoms with van der Waals surface area (Å²) in [6.45, 7) is 5.77. The van der Waals surface area contributed by atoms with Crippen molar-refractivity contribution < 1.29 is 28.3 Å². The molecule has 3 aliphatic rings. The van der Waals surface area contributed by atoms with Crippen LogP contribution in [0.1, 0.15) is 60.1 Å². The summed E-state index contributed by atoms with van der Waals surface area (Å²) in [6, 6.07) is 32.6. The first-order valence-corrected chi connectivity index (χ1v) is 22.4. The number of methoxy groups -OCH3 is 1. The molecule has 0 bridgehead atoms. The van der Waals surface area contributed by atoms with Gasteiger partial charge in [-0.05, 0) is 66.5 Å². The van der Waals surface area contributed by atoms with Crippen LogP contribution < -0.4 is 14.6 Å². The molecule has 1 spiro atoms. The predicted molar refractivity (Wildman–Crippen MR) is 218 cm³/mol. The van der Waals surface area contributed by atoms with Crippen molar-refractivity contribution in [3.05, 3.63) is 137 Å². The quantitative estimate of drug-likeness (QED) is 0.104. The Kier molecular flexibility index (Phi) is 10.4. The second kappa shape index (κ2) is 15.4. The first-order chi connectivity index (χ1) is 27.5. The molecule has 4 aromatic carbocycles. The highest BCUT2D eigenvalue weighted by Gasteiger charge is 2.66. The average molecular weight is 787 g/mol. The number of hydrogen-bond donors (Lipinski definition) is 1. The lowest BCUT2D eigenvalue weighted by Gasteiger charge is -2.31. The molecular weight excluding hydrogens is 740 g/mol. The van der Waals surface area contributed by atoms with Crippen LogP contribution in [0.4, 0.5) is 15.5 Å². The van der Waals surface area contributed by atoms with Gasteiger partial charge in [0, 0.05) is 42.6 Å². The molecule has 8 rings (SSSR count). The van der Waals surface area contributed by atoms with E-state index < -0.39 is 31.6 Å². The number of rotatable bonds is 12. The zero-order valence-electron chi connectivity index (χ0n) is 32.6. The van der Waals surface area contributed by atoms with E-state index >= 15 is 8.90 Å². The Hall–Kier alpha value is -5.50. The number of nitrogens with zero attached hydrogens (tertiary/aromatic N) is 6. The summed E-state index contributed by atoms with van der Waals surface area (Å²) in [5.41, 5.74) is 4.15. The smallest absolute Gasteiger partial charge is 0.264 e. The van der Waals surface area contributed by atoms with Gasteiger partial charge in [0.1, 0.15) is 5.75 Å². The molecule has 0 aliphatic carbocycles. The first kappa shape index (κ1) is 38.4. The van der Waals surface area contributed by atoms with Crippen molar-refractivity contribution in [2.45, 2.75) is 75.5 Å². The van der Waals surface area contributed by atoms with Crippen LogP contribution in [0.5, 0.6) is 5.75 Å². The third-order valence-corrected chi connectivity index (χ3v) is 14.2. The lowest BCUT2D eigenvalue weighted by molar-refractivity contribution is -0.146. The van der Waals surface area contributed by atoms with E-state index in [4.69, 9.17) is 14.6 Å². The minimum atomic E-state index is -3.43. The number of ether oxygens (including phenoxy) is 2. The van der Waals surface area contributed by atoms with Gasteiger partial charge in [0.25, 0.3) is 5.91 Å². The molecule has 0 radical (unpaired) electrons. The number of hydrazone groups is 1. The Morgan fingerprint density at radius 2 is 1.74 bits per heavy atom. The second-order valence-electron chi connectivity index (χ2n) is 15.7. The molecule has 11 nitrogen and oxygen atoms in total. The van der Waals surface area contributed by atoms with Crippen molar-refractivity contribution in [3.8, 4) is 5.75 Å². The number of aryl methyl sites for hydroxylation is 1. The fourth-order valence-corrected chi connectivity index (χ4v) is 11.6. The maximum Gasteiger partial charge on any atom is 0.264 e. The van der Waals surface area contributed by atoms with Gasteiger partial charge in [-0.2, -0.15) is 5.10 Å². The van der Waals surface area contributed by atoms with E-state index in [1.165, 1.54) is 5.01 Å². The maximum absolute atomic E-state index is 16.6. The van der Waals surface area contributed by atoms with Gasteiger partial charge in [0.05, 0.1) is 55.1 Å². The zero-order chi connectivity index (χ0) is 39.9. The van der Waals surface area contributed by atoms with E-state index in [2.05, 4.69) is 10.3 Å². The van der Waals surface area contributed by atoms with Crippen molar-refractivity contribution in [1.29, 1.82) is 0 Å². The molecule has 4 heterocycles. The SMILES string of the molecule is COc1ccc2c(c1)[C@@]1(O[C@H](CCn3cc(C(CO)c4ccccc4)nn3)[C@@H]([Si](C)(C)F)[C@@H]1C)C(=O)N2Cc1cccc(N2N=C(c3ccccc3)CCC2=O)c1. The molecule has 1 saturated heterocycles. The third kappa shape index (κ3) is 7.08. The number of carbonyl (C=O) groups is 2. The summed E-state index contributed by atoms with van der Waals surface area (Å²) in [4.78, 5) is 30.0. The number of anilines is 2. The summed E-state index contributed by atoms with van der Waals surface area (Å²) in [7, 11) is -1.85. The molecular formula is C44H47FN6O5Si. The topological polar surface area (TPSA) is 122 Å². The highest BCUT2D eigenvalue weighted by atomic mass is 28.4. The first-order valence-electron chi connectivity index (χ1n) is 19.5. The Bertz CT molecular complexity index is 2300. The molecule has 1 unspecified atom stereocenters. The third-order valence-electron chi connectivity index (χ3n) is 11.7. The fourth-order valence-electron chi connectivity index (χ4n) is 9.04. The zero-order valence-corrected chi connectivity index (χ0v) is 33.6. The Labute approximate surface area is 332 Å². The van der Waals surface area contributed by atoms with Gasteiger partial charge in [-0.1, -0.05) is 84.9 Å². The van der Waals surface area contributed by atoms with Crippen LogP contribution in [0.2, 0.25) is 18.6 Å². The summed E-state index contributed by atoms with van der Waals surface area (Å²) in [5.74, 6) is -0.617. The standard InChI is InChI=1S/C44H47FN6O5Si/c1-29-42(57(3,4)45)40(22-23-49-27-38(46-48-49)35(28-52)31-13-7-5-8-14-31)56-44(29)36-25-34(55-2)18-20-39(36)50(43(44)54)26-30-12-11-17-33(24-30)51-41(53)21-19-37(47-51)32-15-9-6-10-16-32/h5-18,20,24-25,27,29,35,40,42,52H,19,21-23,26,28H2,1-4H3/t29-,35?,40+,42-,44+/m0/s1. The van der Waals surface area contributed by atoms with E-state index in [0.29, 0.717) is 54.2 Å². The van der Waals surface area contributed by atoms with Crippen LogP contribution in [0.15, 0.2) is 114 Å². The number of aliphatic hydroxyl groups excluding tert-OH is 1. The van der Waals surface area contributed by atoms with Crippen molar-refractivity contribution in [1.82, 2.24) is 15.0 Å². The van der Waals surface area contributed by atoms with Crippen LogP contribution >= 0.6 is 0 Å².